The van der Waals surface area contributed by atoms with E-state index in [0.717, 1.165) is 25.8 Å². The van der Waals surface area contributed by atoms with Crippen LogP contribution in [0.3, 0.4) is 0 Å². The molecule has 1 aliphatic heterocycles. The van der Waals surface area contributed by atoms with E-state index in [1.807, 2.05) is 0 Å². The molecule has 1 aliphatic carbocycles. The lowest BCUT2D eigenvalue weighted by molar-refractivity contribution is -0.0296. The van der Waals surface area contributed by atoms with Gasteiger partial charge in [0.1, 0.15) is 0 Å². The highest BCUT2D eigenvalue weighted by Gasteiger charge is 2.35. The van der Waals surface area contributed by atoms with Crippen LogP contribution >= 0.6 is 0 Å². The van der Waals surface area contributed by atoms with E-state index in [2.05, 4.69) is 24.3 Å². The second kappa shape index (κ2) is 6.88. The van der Waals surface area contributed by atoms with Crippen LogP contribution in [-0.4, -0.2) is 51.3 Å². The van der Waals surface area contributed by atoms with Crippen LogP contribution < -0.4 is 5.32 Å². The fraction of sp³-hybridized carbons (Fsp3) is 1.00. The number of hydrogen-bond acceptors (Lipinski definition) is 3. The minimum atomic E-state index is 0.346. The zero-order valence-electron chi connectivity index (χ0n) is 12.2. The summed E-state index contributed by atoms with van der Waals surface area (Å²) >= 11 is 0. The predicted molar refractivity (Wildman–Crippen MR) is 75.9 cm³/mol. The smallest absolute Gasteiger partial charge is 0.0546 e. The van der Waals surface area contributed by atoms with Crippen molar-refractivity contribution in [1.82, 2.24) is 10.2 Å². The van der Waals surface area contributed by atoms with E-state index in [1.165, 1.54) is 51.5 Å². The number of ether oxygens (including phenoxy) is 1. The van der Waals surface area contributed by atoms with Gasteiger partial charge in [0.2, 0.25) is 0 Å². The van der Waals surface area contributed by atoms with E-state index in [-0.39, 0.29) is 0 Å². The van der Waals surface area contributed by atoms with Crippen LogP contribution in [0, 0.1) is 5.41 Å². The summed E-state index contributed by atoms with van der Waals surface area (Å²) in [5.74, 6) is 0. The van der Waals surface area contributed by atoms with Gasteiger partial charge in [-0.1, -0.05) is 19.3 Å². The summed E-state index contributed by atoms with van der Waals surface area (Å²) < 4.78 is 5.76. The summed E-state index contributed by atoms with van der Waals surface area (Å²) in [5, 5.41) is 3.38. The van der Waals surface area contributed by atoms with Gasteiger partial charge in [0.15, 0.2) is 0 Å². The fourth-order valence-corrected chi connectivity index (χ4v) is 3.79. The van der Waals surface area contributed by atoms with Crippen molar-refractivity contribution < 1.29 is 4.74 Å². The van der Waals surface area contributed by atoms with Crippen molar-refractivity contribution in [3.63, 3.8) is 0 Å². The fourth-order valence-electron chi connectivity index (χ4n) is 3.79. The summed E-state index contributed by atoms with van der Waals surface area (Å²) in [7, 11) is 4.39. The highest BCUT2D eigenvalue weighted by molar-refractivity contribution is 4.88. The lowest BCUT2D eigenvalue weighted by Gasteiger charge is -2.42. The van der Waals surface area contributed by atoms with E-state index in [9.17, 15) is 0 Å². The molecule has 2 aliphatic rings. The van der Waals surface area contributed by atoms with E-state index < -0.39 is 0 Å². The maximum absolute atomic E-state index is 5.76. The van der Waals surface area contributed by atoms with E-state index in [1.54, 1.807) is 0 Å². The summed E-state index contributed by atoms with van der Waals surface area (Å²) in [6, 6.07) is 0.814. The second-order valence-corrected chi connectivity index (χ2v) is 6.39. The Morgan fingerprint density at radius 1 is 1.22 bits per heavy atom. The van der Waals surface area contributed by atoms with E-state index in [4.69, 9.17) is 4.74 Å². The first-order chi connectivity index (χ1) is 8.76. The van der Waals surface area contributed by atoms with Gasteiger partial charge < -0.3 is 15.0 Å². The minimum absolute atomic E-state index is 0.346. The highest BCUT2D eigenvalue weighted by atomic mass is 16.5. The first kappa shape index (κ1) is 14.3. The van der Waals surface area contributed by atoms with Crippen molar-refractivity contribution in [3.05, 3.63) is 0 Å². The Kier molecular flexibility index (Phi) is 5.46. The first-order valence-electron chi connectivity index (χ1n) is 7.68. The average Bonchev–Trinajstić information content (AvgIpc) is 2.41. The lowest BCUT2D eigenvalue weighted by atomic mass is 9.81. The molecule has 1 saturated carbocycles. The monoisotopic (exact) mass is 254 g/mol. The number of nitrogens with one attached hydrogen (secondary N) is 1. The van der Waals surface area contributed by atoms with E-state index >= 15 is 0 Å². The van der Waals surface area contributed by atoms with Gasteiger partial charge in [-0.3, -0.25) is 0 Å². The Hall–Kier alpha value is -0.120. The average molecular weight is 254 g/mol. The molecule has 1 saturated heterocycles. The Balaban J connectivity index is 1.90. The molecule has 3 heteroatoms. The molecule has 18 heavy (non-hydrogen) atoms. The highest BCUT2D eigenvalue weighted by Crippen LogP contribution is 2.31. The zero-order chi connectivity index (χ0) is 12.8. The van der Waals surface area contributed by atoms with Crippen molar-refractivity contribution in [3.8, 4) is 0 Å². The SMILES string of the molecule is CNCC1(CN(C)C2CCCCC2)CCCOC1. The Morgan fingerprint density at radius 2 is 2.00 bits per heavy atom. The van der Waals surface area contributed by atoms with Gasteiger partial charge in [-0.2, -0.15) is 0 Å². The topological polar surface area (TPSA) is 24.5 Å². The van der Waals surface area contributed by atoms with Gasteiger partial charge in [0.05, 0.1) is 6.61 Å². The predicted octanol–water partition coefficient (Wildman–Crippen LogP) is 2.27. The number of rotatable bonds is 5. The number of hydrogen-bond donors (Lipinski definition) is 1. The normalized spacial score (nSPS) is 30.8. The molecule has 3 nitrogen and oxygen atoms in total. The molecule has 0 bridgehead atoms. The molecular formula is C15H30N2O. The van der Waals surface area contributed by atoms with Crippen LogP contribution in [0.5, 0.6) is 0 Å². The maximum Gasteiger partial charge on any atom is 0.0546 e. The third-order valence-electron chi connectivity index (χ3n) is 4.74. The molecule has 2 rings (SSSR count). The molecule has 0 spiro atoms. The minimum Gasteiger partial charge on any atom is -0.381 e. The standard InChI is InChI=1S/C15H30N2O/c1-16-11-15(9-6-10-18-13-15)12-17(2)14-7-4-3-5-8-14/h14,16H,3-13H2,1-2H3. The van der Waals surface area contributed by atoms with Crippen LogP contribution in [-0.2, 0) is 4.74 Å². The third kappa shape index (κ3) is 3.69. The molecule has 1 atom stereocenters. The summed E-state index contributed by atoms with van der Waals surface area (Å²) in [4.78, 5) is 2.62. The molecule has 0 aromatic heterocycles. The van der Waals surface area contributed by atoms with E-state index in [0.29, 0.717) is 5.41 Å². The Labute approximate surface area is 112 Å². The molecule has 0 radical (unpaired) electrons. The van der Waals surface area contributed by atoms with Crippen molar-refractivity contribution in [1.29, 1.82) is 0 Å². The van der Waals surface area contributed by atoms with Crippen LogP contribution in [0.25, 0.3) is 0 Å². The van der Waals surface area contributed by atoms with Gasteiger partial charge in [-0.15, -0.1) is 0 Å². The van der Waals surface area contributed by atoms with Crippen LogP contribution in [0.1, 0.15) is 44.9 Å². The molecule has 2 fully saturated rings. The summed E-state index contributed by atoms with van der Waals surface area (Å²) in [6.07, 6.45) is 9.61. The van der Waals surface area contributed by atoms with Gasteiger partial charge in [-0.25, -0.2) is 0 Å². The molecule has 1 unspecified atom stereocenters. The molecule has 0 aromatic rings. The van der Waals surface area contributed by atoms with Crippen molar-refractivity contribution >= 4 is 0 Å². The van der Waals surface area contributed by atoms with Gasteiger partial charge in [0, 0.05) is 31.2 Å². The molecule has 0 amide bonds. The second-order valence-electron chi connectivity index (χ2n) is 6.39. The van der Waals surface area contributed by atoms with Crippen molar-refractivity contribution in [2.45, 2.75) is 51.0 Å². The third-order valence-corrected chi connectivity index (χ3v) is 4.74. The van der Waals surface area contributed by atoms with Gasteiger partial charge in [-0.05, 0) is 39.8 Å². The summed E-state index contributed by atoms with van der Waals surface area (Å²) in [6.45, 7) is 4.17. The van der Waals surface area contributed by atoms with Crippen LogP contribution in [0.4, 0.5) is 0 Å². The largest absolute Gasteiger partial charge is 0.381 e. The number of nitrogens with zero attached hydrogens (tertiary/aromatic N) is 1. The Morgan fingerprint density at radius 3 is 2.61 bits per heavy atom. The lowest BCUT2D eigenvalue weighted by Crippen LogP contribution is -2.50. The molecule has 0 aromatic carbocycles. The summed E-state index contributed by atoms with van der Waals surface area (Å²) in [5.41, 5.74) is 0.346. The van der Waals surface area contributed by atoms with Crippen LogP contribution in [0.2, 0.25) is 0 Å². The van der Waals surface area contributed by atoms with Crippen LogP contribution in [0.15, 0.2) is 0 Å². The zero-order valence-corrected chi connectivity index (χ0v) is 12.2. The van der Waals surface area contributed by atoms with Gasteiger partial charge in [0.25, 0.3) is 0 Å². The van der Waals surface area contributed by atoms with Crippen molar-refractivity contribution in [2.75, 3.05) is 40.4 Å². The Bertz CT molecular complexity index is 227. The molecule has 1 heterocycles. The molecule has 1 N–H and O–H groups in total. The quantitative estimate of drug-likeness (QED) is 0.814. The molecular weight excluding hydrogens is 224 g/mol. The van der Waals surface area contributed by atoms with Gasteiger partial charge >= 0.3 is 0 Å². The maximum atomic E-state index is 5.76. The first-order valence-corrected chi connectivity index (χ1v) is 7.68. The molecule has 106 valence electrons. The van der Waals surface area contributed by atoms with Crippen molar-refractivity contribution in [2.24, 2.45) is 5.41 Å².